The molecule has 0 aliphatic heterocycles. The molecular formula is C15H25N3O4S. The Morgan fingerprint density at radius 3 is 2.70 bits per heavy atom. The smallest absolute Gasteiger partial charge is 0.358 e. The van der Waals surface area contributed by atoms with Crippen molar-refractivity contribution in [1.82, 2.24) is 10.3 Å². The normalized spacial score (nSPS) is 12.0. The lowest BCUT2D eigenvalue weighted by atomic mass is 10.1. The van der Waals surface area contributed by atoms with Gasteiger partial charge in [-0.15, -0.1) is 11.3 Å². The third kappa shape index (κ3) is 7.43. The number of amides is 1. The Bertz CT molecular complexity index is 505. The zero-order chi connectivity index (χ0) is 17.2. The zero-order valence-electron chi connectivity index (χ0n) is 14.0. The maximum Gasteiger partial charge on any atom is 0.358 e. The summed E-state index contributed by atoms with van der Waals surface area (Å²) < 4.78 is 9.94. The van der Waals surface area contributed by atoms with Crippen molar-refractivity contribution in [3.8, 4) is 0 Å². The molecule has 1 aromatic rings. The van der Waals surface area contributed by atoms with Crippen LogP contribution in [0.2, 0.25) is 0 Å². The van der Waals surface area contributed by atoms with Crippen LogP contribution in [0.15, 0.2) is 5.38 Å². The minimum Gasteiger partial charge on any atom is -0.448 e. The summed E-state index contributed by atoms with van der Waals surface area (Å²) in [5.74, 6) is -0.363. The number of nitrogens with zero attached hydrogens (tertiary/aromatic N) is 1. The number of carbonyl (C=O) groups excluding carboxylic acids is 2. The Morgan fingerprint density at radius 1 is 1.30 bits per heavy atom. The van der Waals surface area contributed by atoms with E-state index in [9.17, 15) is 9.59 Å². The van der Waals surface area contributed by atoms with Crippen molar-refractivity contribution >= 4 is 28.3 Å². The average molecular weight is 343 g/mol. The molecule has 0 unspecified atom stereocenters. The van der Waals surface area contributed by atoms with Crippen LogP contribution in [-0.2, 0) is 14.3 Å². The van der Waals surface area contributed by atoms with E-state index >= 15 is 0 Å². The average Bonchev–Trinajstić information content (AvgIpc) is 2.96. The molecule has 1 aromatic heterocycles. The second kappa shape index (κ2) is 10.2. The molecule has 0 saturated carbocycles. The molecule has 0 bridgehead atoms. The first-order valence-electron chi connectivity index (χ1n) is 7.61. The fraction of sp³-hybridized carbons (Fsp3) is 0.667. The molecule has 1 heterocycles. The van der Waals surface area contributed by atoms with Crippen LogP contribution < -0.4 is 10.6 Å². The van der Waals surface area contributed by atoms with E-state index in [1.54, 1.807) is 12.5 Å². The van der Waals surface area contributed by atoms with E-state index in [2.05, 4.69) is 29.5 Å². The van der Waals surface area contributed by atoms with Gasteiger partial charge in [-0.25, -0.2) is 9.78 Å². The number of thiazole rings is 1. The Hall–Kier alpha value is -1.67. The van der Waals surface area contributed by atoms with Crippen molar-refractivity contribution in [2.24, 2.45) is 5.92 Å². The third-order valence-corrected chi connectivity index (χ3v) is 3.77. The standard InChI is InChI=1S/C15H25N3O4S/c1-10(2)5-6-17-15-18-12(9-23-15)14(20)22-11(3)13(19)16-7-8-21-4/h9-11H,5-8H2,1-4H3,(H,16,19)(H,17,18)/t11-/m1/s1. The summed E-state index contributed by atoms with van der Waals surface area (Å²) in [5.41, 5.74) is 0.207. The van der Waals surface area contributed by atoms with Gasteiger partial charge in [0.15, 0.2) is 16.9 Å². The Balaban J connectivity index is 2.42. The molecule has 1 rings (SSSR count). The van der Waals surface area contributed by atoms with Crippen molar-refractivity contribution in [3.05, 3.63) is 11.1 Å². The van der Waals surface area contributed by atoms with Gasteiger partial charge in [0.25, 0.3) is 5.91 Å². The van der Waals surface area contributed by atoms with E-state index < -0.39 is 12.1 Å². The SMILES string of the molecule is COCCNC(=O)[C@@H](C)OC(=O)c1csc(NCCC(C)C)n1. The zero-order valence-corrected chi connectivity index (χ0v) is 14.9. The summed E-state index contributed by atoms with van der Waals surface area (Å²) in [6.07, 6.45) is 0.149. The molecule has 0 saturated heterocycles. The highest BCUT2D eigenvalue weighted by Crippen LogP contribution is 2.17. The van der Waals surface area contributed by atoms with Crippen molar-refractivity contribution in [2.75, 3.05) is 32.1 Å². The maximum atomic E-state index is 12.0. The molecule has 0 spiro atoms. The van der Waals surface area contributed by atoms with Gasteiger partial charge < -0.3 is 20.1 Å². The number of ether oxygens (including phenoxy) is 2. The second-order valence-corrected chi connectivity index (χ2v) is 6.34. The quantitative estimate of drug-likeness (QED) is 0.498. The molecular weight excluding hydrogens is 318 g/mol. The lowest BCUT2D eigenvalue weighted by Gasteiger charge is -2.12. The minimum absolute atomic E-state index is 0.207. The van der Waals surface area contributed by atoms with E-state index in [4.69, 9.17) is 9.47 Å². The predicted octanol–water partition coefficient (Wildman–Crippen LogP) is 1.91. The molecule has 7 nitrogen and oxygen atoms in total. The molecule has 0 aromatic carbocycles. The first-order valence-corrected chi connectivity index (χ1v) is 8.49. The van der Waals surface area contributed by atoms with Crippen LogP contribution in [0.25, 0.3) is 0 Å². The van der Waals surface area contributed by atoms with Gasteiger partial charge >= 0.3 is 5.97 Å². The highest BCUT2D eigenvalue weighted by molar-refractivity contribution is 7.13. The third-order valence-electron chi connectivity index (χ3n) is 2.97. The predicted molar refractivity (Wildman–Crippen MR) is 89.8 cm³/mol. The summed E-state index contributed by atoms with van der Waals surface area (Å²) in [5, 5.41) is 8.08. The molecule has 0 fully saturated rings. The number of hydrogen-bond acceptors (Lipinski definition) is 7. The number of carbonyl (C=O) groups is 2. The Labute approximate surface area is 140 Å². The van der Waals surface area contributed by atoms with Crippen molar-refractivity contribution in [3.63, 3.8) is 0 Å². The van der Waals surface area contributed by atoms with Crippen molar-refractivity contribution in [2.45, 2.75) is 33.3 Å². The van der Waals surface area contributed by atoms with E-state index in [0.717, 1.165) is 13.0 Å². The fourth-order valence-electron chi connectivity index (χ4n) is 1.61. The number of aromatic nitrogens is 1. The highest BCUT2D eigenvalue weighted by Gasteiger charge is 2.20. The minimum atomic E-state index is -0.876. The van der Waals surface area contributed by atoms with Crippen molar-refractivity contribution < 1.29 is 19.1 Å². The van der Waals surface area contributed by atoms with Crippen LogP contribution in [0.1, 0.15) is 37.7 Å². The van der Waals surface area contributed by atoms with Gasteiger partial charge in [0, 0.05) is 25.6 Å². The van der Waals surface area contributed by atoms with Crippen LogP contribution in [0, 0.1) is 5.92 Å². The van der Waals surface area contributed by atoms with Gasteiger partial charge in [0.1, 0.15) is 0 Å². The number of esters is 1. The Kier molecular flexibility index (Phi) is 8.57. The largest absolute Gasteiger partial charge is 0.448 e. The van der Waals surface area contributed by atoms with Gasteiger partial charge in [-0.05, 0) is 19.3 Å². The molecule has 0 aliphatic rings. The lowest BCUT2D eigenvalue weighted by molar-refractivity contribution is -0.129. The maximum absolute atomic E-state index is 12.0. The van der Waals surface area contributed by atoms with Gasteiger partial charge in [-0.1, -0.05) is 13.8 Å². The number of anilines is 1. The second-order valence-electron chi connectivity index (χ2n) is 5.48. The molecule has 2 N–H and O–H groups in total. The number of nitrogens with one attached hydrogen (secondary N) is 2. The molecule has 8 heteroatoms. The van der Waals surface area contributed by atoms with Gasteiger partial charge in [-0.3, -0.25) is 4.79 Å². The van der Waals surface area contributed by atoms with Crippen LogP contribution in [0.3, 0.4) is 0 Å². The van der Waals surface area contributed by atoms with Crippen LogP contribution in [0.4, 0.5) is 5.13 Å². The summed E-state index contributed by atoms with van der Waals surface area (Å²) in [6, 6.07) is 0. The lowest BCUT2D eigenvalue weighted by Crippen LogP contribution is -2.37. The summed E-state index contributed by atoms with van der Waals surface area (Å²) >= 11 is 1.34. The van der Waals surface area contributed by atoms with E-state index in [-0.39, 0.29) is 11.6 Å². The van der Waals surface area contributed by atoms with Gasteiger partial charge in [-0.2, -0.15) is 0 Å². The topological polar surface area (TPSA) is 89.5 Å². The van der Waals surface area contributed by atoms with E-state index in [1.807, 2.05) is 0 Å². The Morgan fingerprint density at radius 2 is 2.04 bits per heavy atom. The van der Waals surface area contributed by atoms with Crippen molar-refractivity contribution in [1.29, 1.82) is 0 Å². The van der Waals surface area contributed by atoms with Crippen LogP contribution in [0.5, 0.6) is 0 Å². The van der Waals surface area contributed by atoms with Crippen LogP contribution >= 0.6 is 11.3 Å². The number of methoxy groups -OCH3 is 1. The highest BCUT2D eigenvalue weighted by atomic mass is 32.1. The monoisotopic (exact) mass is 343 g/mol. The summed E-state index contributed by atoms with van der Waals surface area (Å²) in [6.45, 7) is 7.39. The summed E-state index contributed by atoms with van der Waals surface area (Å²) in [4.78, 5) is 27.9. The molecule has 23 heavy (non-hydrogen) atoms. The van der Waals surface area contributed by atoms with E-state index in [0.29, 0.717) is 24.2 Å². The van der Waals surface area contributed by atoms with Crippen LogP contribution in [-0.4, -0.2) is 49.8 Å². The first kappa shape index (κ1) is 19.4. The fourth-order valence-corrected chi connectivity index (χ4v) is 2.32. The molecule has 0 radical (unpaired) electrons. The number of rotatable bonds is 10. The molecule has 0 aliphatic carbocycles. The molecule has 1 amide bonds. The molecule has 130 valence electrons. The van der Waals surface area contributed by atoms with Gasteiger partial charge in [0.05, 0.1) is 6.61 Å². The summed E-state index contributed by atoms with van der Waals surface area (Å²) in [7, 11) is 1.55. The number of hydrogen-bond donors (Lipinski definition) is 2. The van der Waals surface area contributed by atoms with E-state index in [1.165, 1.54) is 18.3 Å². The first-order chi connectivity index (χ1) is 10.9. The molecule has 1 atom stereocenters. The van der Waals surface area contributed by atoms with Gasteiger partial charge in [0.2, 0.25) is 0 Å².